The lowest BCUT2D eigenvalue weighted by atomic mass is 10.1. The van der Waals surface area contributed by atoms with Gasteiger partial charge in [-0.1, -0.05) is 33.1 Å². The Morgan fingerprint density at radius 3 is 2.30 bits per heavy atom. The Labute approximate surface area is 65.2 Å². The van der Waals surface area contributed by atoms with Crippen LogP contribution in [0.3, 0.4) is 0 Å². The Kier molecular flexibility index (Phi) is 7.04. The molecular formula is C9H21N. The van der Waals surface area contributed by atoms with Crippen molar-refractivity contribution >= 4 is 0 Å². The monoisotopic (exact) mass is 143 g/mol. The van der Waals surface area contributed by atoms with E-state index in [4.69, 9.17) is 0 Å². The van der Waals surface area contributed by atoms with Crippen LogP contribution in [0.5, 0.6) is 0 Å². The van der Waals surface area contributed by atoms with Crippen molar-refractivity contribution in [2.75, 3.05) is 13.6 Å². The van der Waals surface area contributed by atoms with Crippen LogP contribution in [0.4, 0.5) is 0 Å². The van der Waals surface area contributed by atoms with Gasteiger partial charge < -0.3 is 5.32 Å². The van der Waals surface area contributed by atoms with Gasteiger partial charge in [0.15, 0.2) is 0 Å². The zero-order valence-corrected chi connectivity index (χ0v) is 7.61. The van der Waals surface area contributed by atoms with Crippen LogP contribution in [-0.4, -0.2) is 13.6 Å². The van der Waals surface area contributed by atoms with E-state index in [1.165, 1.54) is 32.2 Å². The van der Waals surface area contributed by atoms with E-state index in [-0.39, 0.29) is 0 Å². The summed E-state index contributed by atoms with van der Waals surface area (Å²) in [5.74, 6) is 0.884. The highest BCUT2D eigenvalue weighted by atomic mass is 14.8. The number of unbranched alkanes of at least 4 members (excludes halogenated alkanes) is 2. The molecule has 0 amide bonds. The standard InChI is InChI=1S/C9H21N/c1-9(2)7-5-4-6-8-10-3/h9-10H,4-8H2,1-3H3. The highest BCUT2D eigenvalue weighted by Gasteiger charge is 1.92. The molecule has 0 aliphatic heterocycles. The molecule has 1 heteroatoms. The predicted octanol–water partition coefficient (Wildman–Crippen LogP) is 2.42. The van der Waals surface area contributed by atoms with E-state index in [0.717, 1.165) is 5.92 Å². The third-order valence-electron chi connectivity index (χ3n) is 1.71. The van der Waals surface area contributed by atoms with Gasteiger partial charge in [-0.15, -0.1) is 0 Å². The number of rotatable bonds is 6. The third-order valence-corrected chi connectivity index (χ3v) is 1.71. The Balaban J connectivity index is 2.77. The fraction of sp³-hybridized carbons (Fsp3) is 1.00. The van der Waals surface area contributed by atoms with Gasteiger partial charge in [-0.05, 0) is 25.9 Å². The van der Waals surface area contributed by atoms with Gasteiger partial charge in [0.05, 0.1) is 0 Å². The van der Waals surface area contributed by atoms with E-state index in [1.807, 2.05) is 7.05 Å². The minimum atomic E-state index is 0.884. The second kappa shape index (κ2) is 7.07. The Hall–Kier alpha value is -0.0400. The molecule has 62 valence electrons. The van der Waals surface area contributed by atoms with Crippen LogP contribution in [0.15, 0.2) is 0 Å². The number of hydrogen-bond acceptors (Lipinski definition) is 1. The Morgan fingerprint density at radius 1 is 1.10 bits per heavy atom. The minimum absolute atomic E-state index is 0.884. The summed E-state index contributed by atoms with van der Waals surface area (Å²) in [4.78, 5) is 0. The maximum absolute atomic E-state index is 3.16. The molecule has 1 N–H and O–H groups in total. The first-order valence-corrected chi connectivity index (χ1v) is 4.42. The van der Waals surface area contributed by atoms with E-state index in [1.54, 1.807) is 0 Å². The van der Waals surface area contributed by atoms with Crippen molar-refractivity contribution in [3.63, 3.8) is 0 Å². The van der Waals surface area contributed by atoms with Gasteiger partial charge in [-0.25, -0.2) is 0 Å². The molecule has 10 heavy (non-hydrogen) atoms. The zero-order valence-electron chi connectivity index (χ0n) is 7.61. The highest BCUT2D eigenvalue weighted by molar-refractivity contribution is 4.48. The molecule has 0 atom stereocenters. The summed E-state index contributed by atoms with van der Waals surface area (Å²) in [5.41, 5.74) is 0. The first-order chi connectivity index (χ1) is 4.77. The lowest BCUT2D eigenvalue weighted by molar-refractivity contribution is 0.522. The molecule has 0 radical (unpaired) electrons. The van der Waals surface area contributed by atoms with E-state index in [2.05, 4.69) is 19.2 Å². The number of hydrogen-bond donors (Lipinski definition) is 1. The van der Waals surface area contributed by atoms with Crippen LogP contribution >= 0.6 is 0 Å². The summed E-state index contributed by atoms with van der Waals surface area (Å²) in [5, 5.41) is 3.16. The van der Waals surface area contributed by atoms with Crippen LogP contribution in [-0.2, 0) is 0 Å². The van der Waals surface area contributed by atoms with Gasteiger partial charge in [-0.2, -0.15) is 0 Å². The lowest BCUT2D eigenvalue weighted by Crippen LogP contribution is -2.07. The molecule has 0 aromatic carbocycles. The topological polar surface area (TPSA) is 12.0 Å². The second-order valence-electron chi connectivity index (χ2n) is 3.35. The van der Waals surface area contributed by atoms with Crippen molar-refractivity contribution in [2.24, 2.45) is 5.92 Å². The summed E-state index contributed by atoms with van der Waals surface area (Å²) in [7, 11) is 2.02. The first kappa shape index (κ1) is 9.96. The minimum Gasteiger partial charge on any atom is -0.320 e. The zero-order chi connectivity index (χ0) is 7.82. The quantitative estimate of drug-likeness (QED) is 0.563. The summed E-state index contributed by atoms with van der Waals surface area (Å²) >= 11 is 0. The van der Waals surface area contributed by atoms with Crippen molar-refractivity contribution in [2.45, 2.75) is 39.5 Å². The predicted molar refractivity (Wildman–Crippen MR) is 47.2 cm³/mol. The molecular weight excluding hydrogens is 122 g/mol. The van der Waals surface area contributed by atoms with E-state index >= 15 is 0 Å². The van der Waals surface area contributed by atoms with Gasteiger partial charge in [-0.3, -0.25) is 0 Å². The van der Waals surface area contributed by atoms with Gasteiger partial charge in [0.2, 0.25) is 0 Å². The molecule has 0 rings (SSSR count). The van der Waals surface area contributed by atoms with E-state index in [9.17, 15) is 0 Å². The van der Waals surface area contributed by atoms with Crippen molar-refractivity contribution < 1.29 is 0 Å². The maximum Gasteiger partial charge on any atom is -0.00519 e. The molecule has 0 fully saturated rings. The van der Waals surface area contributed by atoms with Crippen molar-refractivity contribution in [3.05, 3.63) is 0 Å². The van der Waals surface area contributed by atoms with Gasteiger partial charge in [0, 0.05) is 0 Å². The molecule has 0 heterocycles. The molecule has 0 saturated heterocycles. The third kappa shape index (κ3) is 7.96. The molecule has 0 aromatic heterocycles. The van der Waals surface area contributed by atoms with Crippen LogP contribution in [0, 0.1) is 5.92 Å². The Morgan fingerprint density at radius 2 is 1.80 bits per heavy atom. The molecule has 0 spiro atoms. The molecule has 0 saturated carbocycles. The molecule has 0 aliphatic rings. The van der Waals surface area contributed by atoms with Crippen molar-refractivity contribution in [3.8, 4) is 0 Å². The average Bonchev–Trinajstić information content (AvgIpc) is 1.87. The van der Waals surface area contributed by atoms with E-state index < -0.39 is 0 Å². The van der Waals surface area contributed by atoms with Crippen LogP contribution in [0.1, 0.15) is 39.5 Å². The second-order valence-corrected chi connectivity index (χ2v) is 3.35. The first-order valence-electron chi connectivity index (χ1n) is 4.42. The molecule has 0 bridgehead atoms. The Bertz CT molecular complexity index is 59.7. The van der Waals surface area contributed by atoms with Gasteiger partial charge in [0.1, 0.15) is 0 Å². The molecule has 0 aromatic rings. The summed E-state index contributed by atoms with van der Waals surface area (Å²) in [6, 6.07) is 0. The number of nitrogens with one attached hydrogen (secondary N) is 1. The van der Waals surface area contributed by atoms with E-state index in [0.29, 0.717) is 0 Å². The fourth-order valence-electron chi connectivity index (χ4n) is 1.03. The van der Waals surface area contributed by atoms with Crippen LogP contribution < -0.4 is 5.32 Å². The van der Waals surface area contributed by atoms with Gasteiger partial charge >= 0.3 is 0 Å². The fourth-order valence-corrected chi connectivity index (χ4v) is 1.03. The molecule has 1 nitrogen and oxygen atoms in total. The summed E-state index contributed by atoms with van der Waals surface area (Å²) in [6.07, 6.45) is 5.52. The summed E-state index contributed by atoms with van der Waals surface area (Å²) in [6.45, 7) is 5.76. The average molecular weight is 143 g/mol. The smallest absolute Gasteiger partial charge is 0.00519 e. The SMILES string of the molecule is CNCCCCCC(C)C. The lowest BCUT2D eigenvalue weighted by Gasteiger charge is -2.03. The van der Waals surface area contributed by atoms with Crippen molar-refractivity contribution in [1.29, 1.82) is 0 Å². The highest BCUT2D eigenvalue weighted by Crippen LogP contribution is 2.06. The van der Waals surface area contributed by atoms with Gasteiger partial charge in [0.25, 0.3) is 0 Å². The normalized spacial score (nSPS) is 10.8. The van der Waals surface area contributed by atoms with Crippen LogP contribution in [0.25, 0.3) is 0 Å². The summed E-state index contributed by atoms with van der Waals surface area (Å²) < 4.78 is 0. The van der Waals surface area contributed by atoms with Crippen LogP contribution in [0.2, 0.25) is 0 Å². The molecule has 0 unspecified atom stereocenters. The largest absolute Gasteiger partial charge is 0.320 e. The maximum atomic E-state index is 3.16. The molecule has 0 aliphatic carbocycles. The van der Waals surface area contributed by atoms with Crippen molar-refractivity contribution in [1.82, 2.24) is 5.32 Å².